The van der Waals surface area contributed by atoms with Gasteiger partial charge >= 0.3 is 6.18 Å². The van der Waals surface area contributed by atoms with Crippen molar-refractivity contribution < 1.29 is 18.0 Å². The zero-order valence-corrected chi connectivity index (χ0v) is 19.2. The molecule has 0 aromatic carbocycles. The highest BCUT2D eigenvalue weighted by atomic mass is 32.1. The molecular weight excluding hydrogens is 443 g/mol. The first-order valence-corrected chi connectivity index (χ1v) is 11.1. The lowest BCUT2D eigenvalue weighted by molar-refractivity contribution is -0.143. The minimum Gasteiger partial charge on any atom is -0.267 e. The standard InChI is InChI=1S/C21H24F3N5O2S/c1-10-25-18-16(12-7-6-11(20(2,3)4)8-14(12)32-18)19(31)29(10)27-17(30)13-9-15(21(22,23)24)28(5)26-13/h9,11H,6-8H2,1-5H3,(H,27,30)/t11-/m1/s1. The number of thiophene rings is 1. The SMILES string of the molecule is Cc1nc2sc3c(c2c(=O)n1NC(=O)c1cc(C(F)(F)F)n(C)n1)CC[C@@H](C(C)(C)C)C3. The van der Waals surface area contributed by atoms with Crippen LogP contribution in [0.4, 0.5) is 13.2 Å². The third-order valence-electron chi connectivity index (χ3n) is 6.09. The van der Waals surface area contributed by atoms with Crippen LogP contribution in [0, 0.1) is 18.3 Å². The quantitative estimate of drug-likeness (QED) is 0.617. The van der Waals surface area contributed by atoms with Crippen molar-refractivity contribution in [2.45, 2.75) is 53.1 Å². The van der Waals surface area contributed by atoms with Crippen LogP contribution in [-0.2, 0) is 26.1 Å². The normalized spacial score (nSPS) is 16.9. The lowest BCUT2D eigenvalue weighted by atomic mass is 9.72. The van der Waals surface area contributed by atoms with Gasteiger partial charge in [0.25, 0.3) is 11.5 Å². The van der Waals surface area contributed by atoms with Crippen LogP contribution in [0.3, 0.4) is 0 Å². The number of fused-ring (bicyclic) bond motifs is 3. The molecule has 3 heterocycles. The summed E-state index contributed by atoms with van der Waals surface area (Å²) in [6.45, 7) is 8.20. The minimum atomic E-state index is -4.64. The number of carbonyl (C=O) groups excluding carboxylic acids is 1. The Balaban J connectivity index is 1.71. The number of nitrogens with zero attached hydrogens (tertiary/aromatic N) is 4. The Morgan fingerprint density at radius 3 is 2.56 bits per heavy atom. The van der Waals surface area contributed by atoms with Gasteiger partial charge in [0.15, 0.2) is 5.69 Å². The predicted molar refractivity (Wildman–Crippen MR) is 115 cm³/mol. The number of aromatic nitrogens is 4. The van der Waals surface area contributed by atoms with Crippen molar-refractivity contribution in [2.24, 2.45) is 18.4 Å². The number of nitrogens with one attached hydrogen (secondary N) is 1. The largest absolute Gasteiger partial charge is 0.433 e. The van der Waals surface area contributed by atoms with Crippen molar-refractivity contribution in [1.29, 1.82) is 0 Å². The molecule has 0 unspecified atom stereocenters. The van der Waals surface area contributed by atoms with E-state index in [1.54, 1.807) is 6.92 Å². The molecule has 11 heteroatoms. The molecule has 4 rings (SSSR count). The average molecular weight is 468 g/mol. The number of amides is 1. The molecule has 32 heavy (non-hydrogen) atoms. The summed E-state index contributed by atoms with van der Waals surface area (Å²) in [6, 6.07) is 0.654. The van der Waals surface area contributed by atoms with Gasteiger partial charge in [0, 0.05) is 18.0 Å². The summed E-state index contributed by atoms with van der Waals surface area (Å²) in [4.78, 5) is 32.1. The molecule has 1 amide bonds. The topological polar surface area (TPSA) is 81.8 Å². The van der Waals surface area contributed by atoms with Crippen molar-refractivity contribution in [3.8, 4) is 0 Å². The van der Waals surface area contributed by atoms with Gasteiger partial charge < -0.3 is 0 Å². The number of halogens is 3. The summed E-state index contributed by atoms with van der Waals surface area (Å²) in [5.41, 5.74) is 1.57. The van der Waals surface area contributed by atoms with Crippen LogP contribution in [-0.4, -0.2) is 25.3 Å². The molecule has 0 spiro atoms. The van der Waals surface area contributed by atoms with Crippen LogP contribution in [0.15, 0.2) is 10.9 Å². The second-order valence-electron chi connectivity index (χ2n) is 9.27. The van der Waals surface area contributed by atoms with E-state index in [2.05, 4.69) is 36.3 Å². The summed E-state index contributed by atoms with van der Waals surface area (Å²) in [5.74, 6) is -0.175. The third-order valence-corrected chi connectivity index (χ3v) is 7.24. The number of hydrogen-bond acceptors (Lipinski definition) is 5. The molecule has 0 saturated carbocycles. The van der Waals surface area contributed by atoms with Crippen molar-refractivity contribution in [2.75, 3.05) is 5.43 Å². The summed E-state index contributed by atoms with van der Waals surface area (Å²) in [6.07, 6.45) is -2.07. The lowest BCUT2D eigenvalue weighted by Crippen LogP contribution is -2.36. The van der Waals surface area contributed by atoms with Crippen molar-refractivity contribution in [1.82, 2.24) is 19.4 Å². The number of alkyl halides is 3. The van der Waals surface area contributed by atoms with Gasteiger partial charge in [-0.05, 0) is 43.1 Å². The molecule has 1 aliphatic rings. The van der Waals surface area contributed by atoms with Crippen LogP contribution in [0.5, 0.6) is 0 Å². The van der Waals surface area contributed by atoms with Crippen molar-refractivity contribution in [3.63, 3.8) is 0 Å². The molecule has 1 atom stereocenters. The molecular formula is C21H24F3N5O2S. The summed E-state index contributed by atoms with van der Waals surface area (Å²) < 4.78 is 40.7. The van der Waals surface area contributed by atoms with Gasteiger partial charge in [0.2, 0.25) is 0 Å². The first-order chi connectivity index (χ1) is 14.8. The summed E-state index contributed by atoms with van der Waals surface area (Å²) in [7, 11) is 1.10. The van der Waals surface area contributed by atoms with Gasteiger partial charge in [0.05, 0.1) is 5.39 Å². The molecule has 1 aliphatic carbocycles. The Kier molecular flexibility index (Phi) is 5.22. The van der Waals surface area contributed by atoms with Crippen LogP contribution in [0.1, 0.15) is 59.6 Å². The van der Waals surface area contributed by atoms with Crippen LogP contribution in [0.25, 0.3) is 10.2 Å². The lowest BCUT2D eigenvalue weighted by Gasteiger charge is -2.33. The molecule has 172 valence electrons. The molecule has 0 bridgehead atoms. The Bertz CT molecular complexity index is 1280. The Morgan fingerprint density at radius 2 is 1.97 bits per heavy atom. The van der Waals surface area contributed by atoms with E-state index in [1.165, 1.54) is 11.3 Å². The van der Waals surface area contributed by atoms with Crippen LogP contribution >= 0.6 is 11.3 Å². The average Bonchev–Trinajstić information content (AvgIpc) is 3.23. The smallest absolute Gasteiger partial charge is 0.267 e. The van der Waals surface area contributed by atoms with E-state index in [0.29, 0.717) is 26.9 Å². The molecule has 0 saturated heterocycles. The maximum absolute atomic E-state index is 13.3. The van der Waals surface area contributed by atoms with E-state index < -0.39 is 29.0 Å². The highest BCUT2D eigenvalue weighted by Crippen LogP contribution is 2.42. The highest BCUT2D eigenvalue weighted by Gasteiger charge is 2.36. The molecule has 0 aliphatic heterocycles. The van der Waals surface area contributed by atoms with Crippen molar-refractivity contribution in [3.05, 3.63) is 44.1 Å². The van der Waals surface area contributed by atoms with E-state index in [-0.39, 0.29) is 11.2 Å². The maximum atomic E-state index is 13.3. The number of carbonyl (C=O) groups is 1. The van der Waals surface area contributed by atoms with E-state index in [1.807, 2.05) is 0 Å². The second-order valence-corrected chi connectivity index (χ2v) is 10.4. The first-order valence-electron chi connectivity index (χ1n) is 10.2. The van der Waals surface area contributed by atoms with Crippen LogP contribution < -0.4 is 11.0 Å². The predicted octanol–water partition coefficient (Wildman–Crippen LogP) is 4.05. The fraction of sp³-hybridized carbons (Fsp3) is 0.524. The Labute approximate surface area is 186 Å². The fourth-order valence-corrected chi connectivity index (χ4v) is 5.54. The summed E-state index contributed by atoms with van der Waals surface area (Å²) >= 11 is 1.50. The van der Waals surface area contributed by atoms with E-state index in [0.717, 1.165) is 41.4 Å². The minimum absolute atomic E-state index is 0.156. The zero-order valence-electron chi connectivity index (χ0n) is 18.4. The molecule has 0 radical (unpaired) electrons. The third kappa shape index (κ3) is 3.82. The van der Waals surface area contributed by atoms with Gasteiger partial charge in [-0.25, -0.2) is 9.66 Å². The number of rotatable bonds is 2. The van der Waals surface area contributed by atoms with E-state index in [4.69, 9.17) is 0 Å². The van der Waals surface area contributed by atoms with E-state index in [9.17, 15) is 22.8 Å². The highest BCUT2D eigenvalue weighted by molar-refractivity contribution is 7.18. The Hall–Kier alpha value is -2.69. The fourth-order valence-electron chi connectivity index (χ4n) is 4.20. The number of aryl methyl sites for hydroxylation is 3. The second kappa shape index (κ2) is 7.43. The van der Waals surface area contributed by atoms with Crippen molar-refractivity contribution >= 4 is 27.5 Å². The number of hydrogen-bond donors (Lipinski definition) is 1. The van der Waals surface area contributed by atoms with Gasteiger partial charge in [-0.2, -0.15) is 18.3 Å². The van der Waals surface area contributed by atoms with Gasteiger partial charge in [-0.3, -0.25) is 19.7 Å². The van der Waals surface area contributed by atoms with E-state index >= 15 is 0 Å². The Morgan fingerprint density at radius 1 is 1.28 bits per heavy atom. The van der Waals surface area contributed by atoms with Gasteiger partial charge in [-0.15, -0.1) is 11.3 Å². The monoisotopic (exact) mass is 467 g/mol. The molecule has 7 nitrogen and oxygen atoms in total. The molecule has 3 aromatic rings. The maximum Gasteiger partial charge on any atom is 0.433 e. The molecule has 1 N–H and O–H groups in total. The van der Waals surface area contributed by atoms with Crippen LogP contribution in [0.2, 0.25) is 0 Å². The summed E-state index contributed by atoms with van der Waals surface area (Å²) in [5, 5.41) is 4.11. The van der Waals surface area contributed by atoms with Gasteiger partial charge in [0.1, 0.15) is 16.3 Å². The first kappa shape index (κ1) is 22.5. The molecule has 3 aromatic heterocycles. The van der Waals surface area contributed by atoms with Gasteiger partial charge in [-0.1, -0.05) is 20.8 Å². The molecule has 0 fully saturated rings. The zero-order chi connectivity index (χ0) is 23.6.